The normalized spacial score (nSPS) is 19.4. The summed E-state index contributed by atoms with van der Waals surface area (Å²) >= 11 is 0. The van der Waals surface area contributed by atoms with Crippen LogP contribution in [0.25, 0.3) is 10.8 Å². The molecule has 0 aromatic heterocycles. The summed E-state index contributed by atoms with van der Waals surface area (Å²) in [4.78, 5) is 14.2. The second-order valence-electron chi connectivity index (χ2n) is 7.28. The fourth-order valence-corrected chi connectivity index (χ4v) is 5.77. The maximum absolute atomic E-state index is 13.3. The van der Waals surface area contributed by atoms with Crippen molar-refractivity contribution < 1.29 is 13.2 Å². The van der Waals surface area contributed by atoms with E-state index in [0.717, 1.165) is 23.9 Å². The number of hydrogen-bond acceptors (Lipinski definition) is 4. The van der Waals surface area contributed by atoms with Crippen LogP contribution in [0.4, 0.5) is 5.69 Å². The van der Waals surface area contributed by atoms with Gasteiger partial charge in [0.15, 0.2) is 0 Å². The van der Waals surface area contributed by atoms with Crippen LogP contribution in [0.2, 0.25) is 0 Å². The predicted molar refractivity (Wildman–Crippen MR) is 109 cm³/mol. The molecule has 8 heteroatoms. The molecule has 146 valence electrons. The molecule has 1 fully saturated rings. The maximum Gasteiger partial charge on any atom is 0.258 e. The monoisotopic (exact) mass is 409 g/mol. The van der Waals surface area contributed by atoms with E-state index in [-0.39, 0.29) is 29.3 Å². The van der Waals surface area contributed by atoms with Crippen molar-refractivity contribution in [3.8, 4) is 0 Å². The molecule has 1 amide bonds. The van der Waals surface area contributed by atoms with Crippen molar-refractivity contribution >= 4 is 44.8 Å². The fourth-order valence-electron chi connectivity index (χ4n) is 4.12. The van der Waals surface area contributed by atoms with Crippen molar-refractivity contribution in [2.24, 2.45) is 11.7 Å². The summed E-state index contributed by atoms with van der Waals surface area (Å²) in [7, 11) is -1.90. The lowest BCUT2D eigenvalue weighted by molar-refractivity contribution is 0.0999. The minimum absolute atomic E-state index is 0. The Morgan fingerprint density at radius 1 is 1.15 bits per heavy atom. The number of carbonyl (C=O) groups excluding carboxylic acids is 1. The van der Waals surface area contributed by atoms with Crippen LogP contribution >= 0.6 is 12.4 Å². The lowest BCUT2D eigenvalue weighted by Gasteiger charge is -2.33. The molecule has 0 radical (unpaired) electrons. The first kappa shape index (κ1) is 20.1. The largest absolute Gasteiger partial charge is 0.328 e. The van der Waals surface area contributed by atoms with Gasteiger partial charge < -0.3 is 10.6 Å². The molecule has 2 heterocycles. The van der Waals surface area contributed by atoms with Crippen molar-refractivity contribution in [1.82, 2.24) is 4.31 Å². The number of sulfonamides is 1. The smallest absolute Gasteiger partial charge is 0.258 e. The van der Waals surface area contributed by atoms with Crippen LogP contribution in [0.3, 0.4) is 0 Å². The van der Waals surface area contributed by atoms with E-state index >= 15 is 0 Å². The lowest BCUT2D eigenvalue weighted by atomic mass is 9.92. The molecule has 2 aliphatic rings. The van der Waals surface area contributed by atoms with E-state index in [1.165, 1.54) is 0 Å². The van der Waals surface area contributed by atoms with Crippen LogP contribution in [0.15, 0.2) is 35.2 Å². The molecule has 1 unspecified atom stereocenters. The number of carbonyl (C=O) groups is 1. The Hall–Kier alpha value is -1.67. The van der Waals surface area contributed by atoms with Crippen LogP contribution in [-0.2, 0) is 10.0 Å². The van der Waals surface area contributed by atoms with Crippen molar-refractivity contribution in [1.29, 1.82) is 0 Å². The Balaban J connectivity index is 0.00000210. The highest BCUT2D eigenvalue weighted by atomic mass is 35.5. The molecule has 27 heavy (non-hydrogen) atoms. The molecule has 0 spiro atoms. The summed E-state index contributed by atoms with van der Waals surface area (Å²) < 4.78 is 28.1. The molecule has 2 aromatic rings. The highest BCUT2D eigenvalue weighted by molar-refractivity contribution is 7.89. The van der Waals surface area contributed by atoms with Gasteiger partial charge in [0, 0.05) is 42.5 Å². The fraction of sp³-hybridized carbons (Fsp3) is 0.421. The lowest BCUT2D eigenvalue weighted by Crippen LogP contribution is -2.42. The van der Waals surface area contributed by atoms with Crippen molar-refractivity contribution in [3.05, 3.63) is 35.9 Å². The van der Waals surface area contributed by atoms with E-state index in [0.29, 0.717) is 30.0 Å². The quantitative estimate of drug-likeness (QED) is 0.844. The first-order valence-electron chi connectivity index (χ1n) is 8.92. The van der Waals surface area contributed by atoms with Crippen LogP contribution in [0.1, 0.15) is 30.1 Å². The second-order valence-corrected chi connectivity index (χ2v) is 9.18. The number of amides is 1. The molecule has 6 nitrogen and oxygen atoms in total. The Labute approximate surface area is 165 Å². The Morgan fingerprint density at radius 3 is 2.44 bits per heavy atom. The zero-order valence-electron chi connectivity index (χ0n) is 15.4. The van der Waals surface area contributed by atoms with Gasteiger partial charge in [-0.15, -0.1) is 12.4 Å². The Bertz CT molecular complexity index is 999. The van der Waals surface area contributed by atoms with Gasteiger partial charge in [-0.05, 0) is 43.9 Å². The average molecular weight is 410 g/mol. The van der Waals surface area contributed by atoms with Gasteiger partial charge in [-0.3, -0.25) is 4.79 Å². The topological polar surface area (TPSA) is 83.7 Å². The van der Waals surface area contributed by atoms with Gasteiger partial charge in [0.2, 0.25) is 10.0 Å². The Kier molecular flexibility index (Phi) is 5.24. The van der Waals surface area contributed by atoms with Crippen LogP contribution in [0, 0.1) is 5.92 Å². The molecule has 2 aliphatic heterocycles. The molecule has 4 rings (SSSR count). The summed E-state index contributed by atoms with van der Waals surface area (Å²) in [6, 6.07) is 8.73. The van der Waals surface area contributed by atoms with Crippen LogP contribution < -0.4 is 10.6 Å². The highest BCUT2D eigenvalue weighted by Gasteiger charge is 2.34. The van der Waals surface area contributed by atoms with Crippen molar-refractivity contribution in [2.75, 3.05) is 25.0 Å². The van der Waals surface area contributed by atoms with E-state index in [9.17, 15) is 13.2 Å². The van der Waals surface area contributed by atoms with Gasteiger partial charge in [0.05, 0.1) is 10.6 Å². The number of rotatable bonds is 3. The molecule has 0 saturated carbocycles. The number of nitrogens with two attached hydrogens (primary N) is 1. The van der Waals surface area contributed by atoms with Gasteiger partial charge in [-0.25, -0.2) is 8.42 Å². The number of nitrogens with zero attached hydrogens (tertiary/aromatic N) is 2. The predicted octanol–water partition coefficient (Wildman–Crippen LogP) is 2.60. The second kappa shape index (κ2) is 7.05. The van der Waals surface area contributed by atoms with Gasteiger partial charge in [-0.2, -0.15) is 4.31 Å². The van der Waals surface area contributed by atoms with E-state index in [2.05, 4.69) is 0 Å². The van der Waals surface area contributed by atoms with E-state index in [4.69, 9.17) is 5.73 Å². The van der Waals surface area contributed by atoms with Crippen LogP contribution in [0.5, 0.6) is 0 Å². The van der Waals surface area contributed by atoms with Crippen molar-refractivity contribution in [2.45, 2.75) is 30.7 Å². The minimum atomic E-state index is -3.62. The van der Waals surface area contributed by atoms with Crippen molar-refractivity contribution in [3.63, 3.8) is 0 Å². The number of anilines is 1. The number of benzene rings is 2. The summed E-state index contributed by atoms with van der Waals surface area (Å²) in [5.74, 6) is 0.262. The molecule has 2 aromatic carbocycles. The third kappa shape index (κ3) is 3.02. The highest BCUT2D eigenvalue weighted by Crippen LogP contribution is 2.40. The molecule has 1 saturated heterocycles. The summed E-state index contributed by atoms with van der Waals surface area (Å²) in [6.07, 6.45) is 1.55. The standard InChI is InChI=1S/C19H23N3O3S.ClH/c1-12(20)13-8-10-22(11-9-13)26(24,25)17-7-6-16-18-14(17)4-3-5-15(18)19(23)21(16)2;/h3-7,12-13H,8-11,20H2,1-2H3;1H. The minimum Gasteiger partial charge on any atom is -0.328 e. The van der Waals surface area contributed by atoms with Gasteiger partial charge >= 0.3 is 0 Å². The van der Waals surface area contributed by atoms with Crippen LogP contribution in [-0.4, -0.2) is 44.8 Å². The number of hydrogen-bond donors (Lipinski definition) is 1. The molecular formula is C19H24ClN3O3S. The molecular weight excluding hydrogens is 386 g/mol. The zero-order valence-corrected chi connectivity index (χ0v) is 17.0. The summed E-state index contributed by atoms with van der Waals surface area (Å²) in [5.41, 5.74) is 7.29. The van der Waals surface area contributed by atoms with E-state index in [1.54, 1.807) is 46.6 Å². The Morgan fingerprint density at radius 2 is 1.81 bits per heavy atom. The molecule has 0 bridgehead atoms. The average Bonchev–Trinajstić information content (AvgIpc) is 2.89. The van der Waals surface area contributed by atoms with Gasteiger partial charge in [0.1, 0.15) is 0 Å². The molecule has 2 N–H and O–H groups in total. The first-order chi connectivity index (χ1) is 12.3. The number of halogens is 1. The zero-order chi connectivity index (χ0) is 18.6. The maximum atomic E-state index is 13.3. The third-order valence-electron chi connectivity index (χ3n) is 5.74. The molecule has 1 atom stereocenters. The van der Waals surface area contributed by atoms with E-state index in [1.807, 2.05) is 6.92 Å². The van der Waals surface area contributed by atoms with E-state index < -0.39 is 10.0 Å². The molecule has 0 aliphatic carbocycles. The first-order valence-corrected chi connectivity index (χ1v) is 10.4. The summed E-state index contributed by atoms with van der Waals surface area (Å²) in [5, 5.41) is 1.35. The van der Waals surface area contributed by atoms with Gasteiger partial charge in [-0.1, -0.05) is 12.1 Å². The SMILES string of the molecule is CC(N)C1CCN(S(=O)(=O)c2ccc3c4c(cccc24)C(=O)N3C)CC1.Cl. The third-order valence-corrected chi connectivity index (χ3v) is 7.69. The summed E-state index contributed by atoms with van der Waals surface area (Å²) in [6.45, 7) is 2.94. The number of piperidine rings is 1. The van der Waals surface area contributed by atoms with Gasteiger partial charge in [0.25, 0.3) is 5.91 Å².